The Bertz CT molecular complexity index is 1210. The Morgan fingerprint density at radius 3 is 2.42 bits per heavy atom. The summed E-state index contributed by atoms with van der Waals surface area (Å²) in [5.74, 6) is -1.88. The van der Waals surface area contributed by atoms with Crippen LogP contribution in [0.25, 0.3) is 0 Å². The van der Waals surface area contributed by atoms with Crippen molar-refractivity contribution in [3.63, 3.8) is 0 Å². The third-order valence-corrected chi connectivity index (χ3v) is 4.88. The SMILES string of the molecule is COc1cc(C=NNC(=O)C(=O)Nc2ccc(Cl)cc2)ccc1OC(=O)c1cccc(Br)c1. The first-order chi connectivity index (χ1) is 15.9. The van der Waals surface area contributed by atoms with E-state index in [1.807, 2.05) is 0 Å². The van der Waals surface area contributed by atoms with Gasteiger partial charge < -0.3 is 14.8 Å². The van der Waals surface area contributed by atoms with Gasteiger partial charge in [-0.15, -0.1) is 0 Å². The fourth-order valence-corrected chi connectivity index (χ4v) is 3.09. The van der Waals surface area contributed by atoms with Crippen molar-refractivity contribution in [2.24, 2.45) is 5.10 Å². The van der Waals surface area contributed by atoms with Gasteiger partial charge in [-0.05, 0) is 66.2 Å². The zero-order chi connectivity index (χ0) is 23.8. The number of benzene rings is 3. The standard InChI is InChI=1S/C23H17BrClN3O5/c1-32-20-11-14(5-10-19(20)33-23(31)15-3-2-4-16(24)12-15)13-26-28-22(30)21(29)27-18-8-6-17(25)7-9-18/h2-13H,1H3,(H,27,29)(H,28,30). The molecule has 3 aromatic carbocycles. The lowest BCUT2D eigenvalue weighted by molar-refractivity contribution is -0.136. The Labute approximate surface area is 202 Å². The molecule has 0 fully saturated rings. The Kier molecular flexibility index (Phi) is 8.17. The molecule has 0 aromatic heterocycles. The van der Waals surface area contributed by atoms with Gasteiger partial charge in [-0.2, -0.15) is 5.10 Å². The number of carbonyl (C=O) groups is 3. The van der Waals surface area contributed by atoms with E-state index in [0.717, 1.165) is 4.47 Å². The van der Waals surface area contributed by atoms with Crippen LogP contribution in [0.2, 0.25) is 5.02 Å². The lowest BCUT2D eigenvalue weighted by atomic mass is 10.2. The van der Waals surface area contributed by atoms with E-state index in [1.54, 1.807) is 60.7 Å². The van der Waals surface area contributed by atoms with Gasteiger partial charge in [-0.25, -0.2) is 10.2 Å². The van der Waals surface area contributed by atoms with Crippen LogP contribution >= 0.6 is 27.5 Å². The maximum atomic E-state index is 12.4. The summed E-state index contributed by atoms with van der Waals surface area (Å²) in [5, 5.41) is 6.70. The van der Waals surface area contributed by atoms with E-state index < -0.39 is 17.8 Å². The third kappa shape index (κ3) is 6.90. The first-order valence-electron chi connectivity index (χ1n) is 9.41. The van der Waals surface area contributed by atoms with Crippen molar-refractivity contribution in [3.8, 4) is 11.5 Å². The molecule has 0 bridgehead atoms. The maximum Gasteiger partial charge on any atom is 0.343 e. The molecule has 0 radical (unpaired) electrons. The largest absolute Gasteiger partial charge is 0.493 e. The molecule has 168 valence electrons. The zero-order valence-corrected chi connectivity index (χ0v) is 19.5. The van der Waals surface area contributed by atoms with Gasteiger partial charge in [0.15, 0.2) is 11.5 Å². The topological polar surface area (TPSA) is 106 Å². The van der Waals surface area contributed by atoms with E-state index in [1.165, 1.54) is 19.4 Å². The number of hydrogen-bond acceptors (Lipinski definition) is 6. The normalized spacial score (nSPS) is 10.5. The number of esters is 1. The minimum Gasteiger partial charge on any atom is -0.493 e. The molecule has 0 aliphatic heterocycles. The highest BCUT2D eigenvalue weighted by Gasteiger charge is 2.14. The summed E-state index contributed by atoms with van der Waals surface area (Å²) in [6, 6.07) is 17.8. The molecule has 2 amide bonds. The third-order valence-electron chi connectivity index (χ3n) is 4.14. The van der Waals surface area contributed by atoms with Gasteiger partial charge in [0.1, 0.15) is 0 Å². The molecule has 0 heterocycles. The highest BCUT2D eigenvalue weighted by Crippen LogP contribution is 2.28. The molecule has 0 spiro atoms. The number of methoxy groups -OCH3 is 1. The number of hydrogen-bond donors (Lipinski definition) is 2. The predicted octanol–water partition coefficient (Wildman–Crippen LogP) is 4.42. The van der Waals surface area contributed by atoms with Crippen molar-refractivity contribution in [3.05, 3.63) is 87.4 Å². The molecular weight excluding hydrogens is 514 g/mol. The molecule has 0 unspecified atom stereocenters. The van der Waals surface area contributed by atoms with E-state index in [2.05, 4.69) is 31.8 Å². The lowest BCUT2D eigenvalue weighted by Crippen LogP contribution is -2.32. The van der Waals surface area contributed by atoms with Crippen molar-refractivity contribution in [2.45, 2.75) is 0 Å². The fourth-order valence-electron chi connectivity index (χ4n) is 2.56. The summed E-state index contributed by atoms with van der Waals surface area (Å²) in [7, 11) is 1.43. The molecule has 3 rings (SSSR count). The van der Waals surface area contributed by atoms with E-state index in [4.69, 9.17) is 21.1 Å². The summed E-state index contributed by atoms with van der Waals surface area (Å²) >= 11 is 9.09. The second-order valence-corrected chi connectivity index (χ2v) is 7.82. The quantitative estimate of drug-likeness (QED) is 0.161. The van der Waals surface area contributed by atoms with Crippen molar-refractivity contribution < 1.29 is 23.9 Å². The molecule has 33 heavy (non-hydrogen) atoms. The van der Waals surface area contributed by atoms with Crippen LogP contribution in [0.1, 0.15) is 15.9 Å². The van der Waals surface area contributed by atoms with Gasteiger partial charge in [0, 0.05) is 15.2 Å². The molecule has 0 saturated heterocycles. The number of nitrogens with one attached hydrogen (secondary N) is 2. The van der Waals surface area contributed by atoms with E-state index in [-0.39, 0.29) is 11.5 Å². The zero-order valence-electron chi connectivity index (χ0n) is 17.2. The molecule has 0 atom stereocenters. The lowest BCUT2D eigenvalue weighted by Gasteiger charge is -2.10. The van der Waals surface area contributed by atoms with Crippen LogP contribution in [0.4, 0.5) is 5.69 Å². The Morgan fingerprint density at radius 2 is 1.73 bits per heavy atom. The minimum absolute atomic E-state index is 0.214. The van der Waals surface area contributed by atoms with Crippen molar-refractivity contribution in [2.75, 3.05) is 12.4 Å². The van der Waals surface area contributed by atoms with E-state index in [0.29, 0.717) is 21.8 Å². The summed E-state index contributed by atoms with van der Waals surface area (Å²) in [5.41, 5.74) is 3.46. The number of ether oxygens (including phenoxy) is 2. The van der Waals surface area contributed by atoms with Crippen molar-refractivity contribution in [1.29, 1.82) is 0 Å². The monoisotopic (exact) mass is 529 g/mol. The second kappa shape index (κ2) is 11.3. The Hall–Kier alpha value is -3.69. The summed E-state index contributed by atoms with van der Waals surface area (Å²) in [6.45, 7) is 0. The molecule has 2 N–H and O–H groups in total. The van der Waals surface area contributed by atoms with Gasteiger partial charge in [-0.1, -0.05) is 33.6 Å². The van der Waals surface area contributed by atoms with Gasteiger partial charge >= 0.3 is 17.8 Å². The average molecular weight is 531 g/mol. The van der Waals surface area contributed by atoms with Crippen molar-refractivity contribution >= 4 is 57.2 Å². The number of anilines is 1. The molecule has 3 aromatic rings. The van der Waals surface area contributed by atoms with Gasteiger partial charge in [0.25, 0.3) is 0 Å². The minimum atomic E-state index is -0.951. The number of rotatable bonds is 6. The first-order valence-corrected chi connectivity index (χ1v) is 10.6. The van der Waals surface area contributed by atoms with Crippen LogP contribution < -0.4 is 20.2 Å². The van der Waals surface area contributed by atoms with Crippen molar-refractivity contribution in [1.82, 2.24) is 5.43 Å². The summed E-state index contributed by atoms with van der Waals surface area (Å²) in [4.78, 5) is 36.2. The fraction of sp³-hybridized carbons (Fsp3) is 0.0435. The number of halogens is 2. The van der Waals surface area contributed by atoms with Crippen LogP contribution in [0.5, 0.6) is 11.5 Å². The summed E-state index contributed by atoms with van der Waals surface area (Å²) < 4.78 is 11.4. The molecule has 0 aliphatic carbocycles. The highest BCUT2D eigenvalue weighted by molar-refractivity contribution is 9.10. The second-order valence-electron chi connectivity index (χ2n) is 6.47. The Morgan fingerprint density at radius 1 is 0.970 bits per heavy atom. The van der Waals surface area contributed by atoms with Gasteiger partial charge in [0.2, 0.25) is 0 Å². The number of hydrazone groups is 1. The number of nitrogens with zero attached hydrogens (tertiary/aromatic N) is 1. The predicted molar refractivity (Wildman–Crippen MR) is 128 cm³/mol. The van der Waals surface area contributed by atoms with Crippen LogP contribution in [0.15, 0.2) is 76.3 Å². The Balaban J connectivity index is 1.60. The van der Waals surface area contributed by atoms with Crippen LogP contribution in [0, 0.1) is 0 Å². The maximum absolute atomic E-state index is 12.4. The number of carbonyl (C=O) groups excluding carboxylic acids is 3. The van der Waals surface area contributed by atoms with E-state index in [9.17, 15) is 14.4 Å². The first kappa shape index (κ1) is 24.0. The number of amides is 2. The van der Waals surface area contributed by atoms with Crippen LogP contribution in [0.3, 0.4) is 0 Å². The molecular formula is C23H17BrClN3O5. The van der Waals surface area contributed by atoms with Gasteiger partial charge in [0.05, 0.1) is 18.9 Å². The van der Waals surface area contributed by atoms with Crippen LogP contribution in [-0.2, 0) is 9.59 Å². The molecule has 0 aliphatic rings. The van der Waals surface area contributed by atoms with Crippen LogP contribution in [-0.4, -0.2) is 31.1 Å². The average Bonchev–Trinajstić information content (AvgIpc) is 2.81. The molecule has 0 saturated carbocycles. The highest BCUT2D eigenvalue weighted by atomic mass is 79.9. The smallest absolute Gasteiger partial charge is 0.343 e. The summed E-state index contributed by atoms with van der Waals surface area (Å²) in [6.07, 6.45) is 1.32. The molecule has 8 nitrogen and oxygen atoms in total. The molecule has 10 heteroatoms. The van der Waals surface area contributed by atoms with E-state index >= 15 is 0 Å². The van der Waals surface area contributed by atoms with Gasteiger partial charge in [-0.3, -0.25) is 9.59 Å².